The van der Waals surface area contributed by atoms with E-state index in [1.807, 2.05) is 7.05 Å². The molecule has 26 heavy (non-hydrogen) atoms. The molecule has 1 aliphatic rings. The van der Waals surface area contributed by atoms with E-state index in [4.69, 9.17) is 9.47 Å². The minimum Gasteiger partial charge on any atom is -0.382 e. The summed E-state index contributed by atoms with van der Waals surface area (Å²) in [6.07, 6.45) is 7.56. The molecular weight excluding hydrogens is 328 g/mol. The number of nitrogens with one attached hydrogen (secondary N) is 2. The van der Waals surface area contributed by atoms with Crippen LogP contribution in [0.1, 0.15) is 52.4 Å². The Morgan fingerprint density at radius 2 is 1.73 bits per heavy atom. The van der Waals surface area contributed by atoms with Crippen molar-refractivity contribution in [3.05, 3.63) is 0 Å². The quantitative estimate of drug-likeness (QED) is 0.314. The number of likely N-dealkylation sites (tertiary alicyclic amines) is 1. The van der Waals surface area contributed by atoms with Crippen LogP contribution < -0.4 is 10.6 Å². The van der Waals surface area contributed by atoms with Crippen molar-refractivity contribution in [1.82, 2.24) is 15.5 Å². The van der Waals surface area contributed by atoms with Gasteiger partial charge in [0.15, 0.2) is 5.96 Å². The van der Waals surface area contributed by atoms with Crippen LogP contribution in [0.4, 0.5) is 0 Å². The van der Waals surface area contributed by atoms with Crippen LogP contribution >= 0.6 is 0 Å². The van der Waals surface area contributed by atoms with E-state index in [0.29, 0.717) is 25.2 Å². The van der Waals surface area contributed by atoms with E-state index in [-0.39, 0.29) is 0 Å². The maximum Gasteiger partial charge on any atom is 0.191 e. The second-order valence-corrected chi connectivity index (χ2v) is 7.45. The molecule has 1 rings (SSSR count). The van der Waals surface area contributed by atoms with Gasteiger partial charge < -0.3 is 20.1 Å². The second kappa shape index (κ2) is 15.2. The first-order valence-electron chi connectivity index (χ1n) is 10.4. The molecule has 6 nitrogen and oxygen atoms in total. The van der Waals surface area contributed by atoms with Crippen LogP contribution in [0.3, 0.4) is 0 Å². The summed E-state index contributed by atoms with van der Waals surface area (Å²) in [5, 5.41) is 6.96. The third kappa shape index (κ3) is 10.3. The summed E-state index contributed by atoms with van der Waals surface area (Å²) in [5.74, 6) is 1.55. The van der Waals surface area contributed by atoms with Gasteiger partial charge in [-0.2, -0.15) is 0 Å². The normalized spacial score (nSPS) is 18.0. The molecular formula is C20H42N4O2. The van der Waals surface area contributed by atoms with E-state index in [0.717, 1.165) is 38.5 Å². The van der Waals surface area contributed by atoms with Crippen LogP contribution in [-0.4, -0.2) is 77.1 Å². The molecule has 1 aliphatic heterocycles. The zero-order valence-electron chi connectivity index (χ0n) is 17.6. The van der Waals surface area contributed by atoms with Crippen molar-refractivity contribution in [3.8, 4) is 0 Å². The Bertz CT molecular complexity index is 356. The Labute approximate surface area is 161 Å². The second-order valence-electron chi connectivity index (χ2n) is 7.45. The molecule has 1 unspecified atom stereocenters. The molecule has 0 saturated carbocycles. The largest absolute Gasteiger partial charge is 0.382 e. The maximum absolute atomic E-state index is 5.49. The molecule has 0 bridgehead atoms. The minimum atomic E-state index is 0.570. The number of unbranched alkanes of at least 4 members (excludes halogenated alkanes) is 1. The number of guanidine groups is 1. The molecule has 0 aliphatic carbocycles. The average molecular weight is 371 g/mol. The Morgan fingerprint density at radius 3 is 2.35 bits per heavy atom. The summed E-state index contributed by atoms with van der Waals surface area (Å²) >= 11 is 0. The number of ether oxygens (including phenoxy) is 2. The van der Waals surface area contributed by atoms with Gasteiger partial charge in [-0.25, -0.2) is 0 Å². The van der Waals surface area contributed by atoms with Crippen LogP contribution in [0.25, 0.3) is 0 Å². The van der Waals surface area contributed by atoms with Crippen molar-refractivity contribution in [2.75, 3.05) is 60.2 Å². The molecule has 2 N–H and O–H groups in total. The van der Waals surface area contributed by atoms with Crippen LogP contribution in [0.5, 0.6) is 0 Å². The van der Waals surface area contributed by atoms with Crippen molar-refractivity contribution >= 4 is 5.96 Å². The molecule has 1 saturated heterocycles. The number of hydrogen-bond acceptors (Lipinski definition) is 4. The predicted octanol–water partition coefficient (Wildman–Crippen LogP) is 2.50. The standard InChI is InChI=1S/C20H42N4O2/c1-18(2)19(24-12-8-5-6-9-13-24)17-23-20(21-3)22-11-7-10-14-26-16-15-25-4/h18-19H,5-17H2,1-4H3,(H2,21,22,23). The lowest BCUT2D eigenvalue weighted by Crippen LogP contribution is -2.49. The summed E-state index contributed by atoms with van der Waals surface area (Å²) in [6, 6.07) is 0.570. The fourth-order valence-electron chi connectivity index (χ4n) is 3.42. The molecule has 1 atom stereocenters. The summed E-state index contributed by atoms with van der Waals surface area (Å²) < 4.78 is 10.5. The Morgan fingerprint density at radius 1 is 1.00 bits per heavy atom. The SMILES string of the molecule is CN=C(NCCCCOCCOC)NCC(C(C)C)N1CCCCCC1. The number of methoxy groups -OCH3 is 1. The van der Waals surface area contributed by atoms with Crippen molar-refractivity contribution < 1.29 is 9.47 Å². The highest BCUT2D eigenvalue weighted by Crippen LogP contribution is 2.17. The number of nitrogens with zero attached hydrogens (tertiary/aromatic N) is 2. The van der Waals surface area contributed by atoms with Gasteiger partial charge in [0.05, 0.1) is 13.2 Å². The Hall–Kier alpha value is -0.850. The molecule has 0 spiro atoms. The molecule has 0 aromatic rings. The highest BCUT2D eigenvalue weighted by molar-refractivity contribution is 5.79. The molecule has 1 heterocycles. The van der Waals surface area contributed by atoms with Crippen molar-refractivity contribution in [3.63, 3.8) is 0 Å². The highest BCUT2D eigenvalue weighted by atomic mass is 16.5. The van der Waals surface area contributed by atoms with Crippen molar-refractivity contribution in [2.24, 2.45) is 10.9 Å². The van der Waals surface area contributed by atoms with Gasteiger partial charge in [0.1, 0.15) is 0 Å². The van der Waals surface area contributed by atoms with Crippen molar-refractivity contribution in [1.29, 1.82) is 0 Å². The monoisotopic (exact) mass is 370 g/mol. The van der Waals surface area contributed by atoms with Gasteiger partial charge in [0.2, 0.25) is 0 Å². The van der Waals surface area contributed by atoms with Gasteiger partial charge in [0, 0.05) is 39.9 Å². The predicted molar refractivity (Wildman–Crippen MR) is 110 cm³/mol. The highest BCUT2D eigenvalue weighted by Gasteiger charge is 2.22. The first kappa shape index (κ1) is 23.2. The van der Waals surface area contributed by atoms with E-state index in [1.54, 1.807) is 7.11 Å². The molecule has 0 aromatic heterocycles. The Balaban J connectivity index is 2.23. The molecule has 0 amide bonds. The van der Waals surface area contributed by atoms with E-state index < -0.39 is 0 Å². The molecule has 6 heteroatoms. The van der Waals surface area contributed by atoms with Gasteiger partial charge >= 0.3 is 0 Å². The number of rotatable bonds is 12. The maximum atomic E-state index is 5.49. The third-order valence-electron chi connectivity index (χ3n) is 5.02. The first-order valence-corrected chi connectivity index (χ1v) is 10.4. The lowest BCUT2D eigenvalue weighted by atomic mass is 10.0. The van der Waals surface area contributed by atoms with E-state index in [9.17, 15) is 0 Å². The third-order valence-corrected chi connectivity index (χ3v) is 5.02. The van der Waals surface area contributed by atoms with Crippen LogP contribution in [0, 0.1) is 5.92 Å². The fraction of sp³-hybridized carbons (Fsp3) is 0.950. The van der Waals surface area contributed by atoms with Crippen LogP contribution in [0.15, 0.2) is 4.99 Å². The molecule has 0 aromatic carbocycles. The van der Waals surface area contributed by atoms with Gasteiger partial charge in [-0.1, -0.05) is 26.7 Å². The minimum absolute atomic E-state index is 0.570. The van der Waals surface area contributed by atoms with Crippen LogP contribution in [0.2, 0.25) is 0 Å². The van der Waals surface area contributed by atoms with E-state index in [1.165, 1.54) is 38.8 Å². The average Bonchev–Trinajstić information content (AvgIpc) is 2.91. The summed E-state index contributed by atoms with van der Waals surface area (Å²) in [4.78, 5) is 7.05. The lowest BCUT2D eigenvalue weighted by molar-refractivity contribution is 0.0689. The fourth-order valence-corrected chi connectivity index (χ4v) is 3.42. The zero-order chi connectivity index (χ0) is 19.0. The van der Waals surface area contributed by atoms with Crippen molar-refractivity contribution in [2.45, 2.75) is 58.4 Å². The van der Waals surface area contributed by atoms with Gasteiger partial charge in [-0.3, -0.25) is 9.89 Å². The molecule has 154 valence electrons. The summed E-state index contributed by atoms with van der Waals surface area (Å²) in [5.41, 5.74) is 0. The Kier molecular flexibility index (Phi) is 13.6. The van der Waals surface area contributed by atoms with Gasteiger partial charge in [-0.15, -0.1) is 0 Å². The van der Waals surface area contributed by atoms with Gasteiger partial charge in [0.25, 0.3) is 0 Å². The summed E-state index contributed by atoms with van der Waals surface area (Å²) in [7, 11) is 3.54. The lowest BCUT2D eigenvalue weighted by Gasteiger charge is -2.34. The molecule has 1 fully saturated rings. The number of hydrogen-bond donors (Lipinski definition) is 2. The smallest absolute Gasteiger partial charge is 0.191 e. The topological polar surface area (TPSA) is 58.1 Å². The number of aliphatic imine (C=N–C) groups is 1. The summed E-state index contributed by atoms with van der Waals surface area (Å²) in [6.45, 7) is 11.2. The van der Waals surface area contributed by atoms with Gasteiger partial charge in [-0.05, 0) is 44.7 Å². The first-order chi connectivity index (χ1) is 12.7. The van der Waals surface area contributed by atoms with E-state index in [2.05, 4.69) is 34.4 Å². The molecule has 0 radical (unpaired) electrons. The zero-order valence-corrected chi connectivity index (χ0v) is 17.6. The van der Waals surface area contributed by atoms with Crippen LogP contribution in [-0.2, 0) is 9.47 Å². The van der Waals surface area contributed by atoms with E-state index >= 15 is 0 Å².